The van der Waals surface area contributed by atoms with Gasteiger partial charge in [-0.25, -0.2) is 13.2 Å². The van der Waals surface area contributed by atoms with Gasteiger partial charge in [0.2, 0.25) is 5.91 Å². The maximum Gasteiger partial charge on any atom is 0.264 e. The number of aromatic nitrogens is 1. The van der Waals surface area contributed by atoms with Crippen LogP contribution < -0.4 is 16.6 Å². The van der Waals surface area contributed by atoms with Crippen LogP contribution in [0.5, 0.6) is 0 Å². The number of hydrogen-bond donors (Lipinski definition) is 2. The van der Waals surface area contributed by atoms with Gasteiger partial charge in [-0.1, -0.05) is 17.7 Å². The van der Waals surface area contributed by atoms with Gasteiger partial charge in [-0.15, -0.1) is 0 Å². The highest BCUT2D eigenvalue weighted by atomic mass is 35.5. The molecular formula is C30H29ClF3N3O5. The first-order valence-corrected chi connectivity index (χ1v) is 13.9. The van der Waals surface area contributed by atoms with E-state index in [1.54, 1.807) is 18.2 Å². The molecule has 3 atom stereocenters. The molecule has 0 aliphatic carbocycles. The summed E-state index contributed by atoms with van der Waals surface area (Å²) in [5, 5.41) is 2.99. The third-order valence-corrected chi connectivity index (χ3v) is 7.82. The predicted octanol–water partition coefficient (Wildman–Crippen LogP) is 5.25. The summed E-state index contributed by atoms with van der Waals surface area (Å²) in [7, 11) is 0. The lowest BCUT2D eigenvalue weighted by molar-refractivity contribution is -0.121. The van der Waals surface area contributed by atoms with Crippen molar-refractivity contribution in [2.45, 2.75) is 63.4 Å². The molecule has 2 aliphatic heterocycles. The van der Waals surface area contributed by atoms with Gasteiger partial charge in [0, 0.05) is 48.0 Å². The summed E-state index contributed by atoms with van der Waals surface area (Å²) in [6.07, 6.45) is -0.499. The fourth-order valence-electron chi connectivity index (χ4n) is 5.42. The average molecular weight is 604 g/mol. The molecule has 5 rings (SSSR count). The molecule has 8 nitrogen and oxygen atoms in total. The number of carbonyl (C=O) groups is 2. The number of nitrogens with one attached hydrogen (secondary N) is 1. The number of anilines is 1. The van der Waals surface area contributed by atoms with Crippen LogP contribution in [0.2, 0.25) is 5.02 Å². The average Bonchev–Trinajstić information content (AvgIpc) is 2.94. The molecule has 3 N–H and O–H groups in total. The number of pyridine rings is 1. The molecule has 0 radical (unpaired) electrons. The second-order valence-electron chi connectivity index (χ2n) is 10.4. The van der Waals surface area contributed by atoms with Crippen LogP contribution in [0, 0.1) is 5.82 Å². The second kappa shape index (κ2) is 12.7. The normalized spacial score (nSPS) is 19.3. The summed E-state index contributed by atoms with van der Waals surface area (Å²) in [5.74, 6) is -2.49. The number of hydrogen-bond acceptors (Lipinski definition) is 5. The summed E-state index contributed by atoms with van der Waals surface area (Å²) in [5.41, 5.74) is 6.36. The minimum absolute atomic E-state index is 0.0584. The predicted molar refractivity (Wildman–Crippen MR) is 150 cm³/mol. The largest absolute Gasteiger partial charge is 0.378 e. The first-order chi connectivity index (χ1) is 20.1. The van der Waals surface area contributed by atoms with Crippen molar-refractivity contribution >= 4 is 29.1 Å². The molecule has 3 unspecified atom stereocenters. The number of alkyl halides is 2. The van der Waals surface area contributed by atoms with E-state index >= 15 is 0 Å². The maximum absolute atomic E-state index is 14.4. The van der Waals surface area contributed by atoms with Crippen LogP contribution in [0.4, 0.5) is 18.9 Å². The molecule has 1 fully saturated rings. The van der Waals surface area contributed by atoms with Crippen molar-refractivity contribution in [2.75, 3.05) is 11.9 Å². The van der Waals surface area contributed by atoms with Crippen molar-refractivity contribution in [3.63, 3.8) is 0 Å². The monoisotopic (exact) mass is 603 g/mol. The molecule has 12 heteroatoms. The number of primary amides is 1. The number of rotatable bonds is 7. The highest BCUT2D eigenvalue weighted by Crippen LogP contribution is 2.34. The third-order valence-electron chi connectivity index (χ3n) is 7.58. The fourth-order valence-corrected chi connectivity index (χ4v) is 5.59. The lowest BCUT2D eigenvalue weighted by Gasteiger charge is -2.29. The van der Waals surface area contributed by atoms with Crippen molar-refractivity contribution < 1.29 is 32.2 Å². The topological polar surface area (TPSA) is 113 Å². The molecule has 0 saturated carbocycles. The van der Waals surface area contributed by atoms with Crippen LogP contribution in [0.15, 0.2) is 53.5 Å². The zero-order valence-corrected chi connectivity index (χ0v) is 23.2. The van der Waals surface area contributed by atoms with Crippen LogP contribution >= 0.6 is 11.6 Å². The highest BCUT2D eigenvalue weighted by Gasteiger charge is 2.31. The minimum Gasteiger partial charge on any atom is -0.378 e. The van der Waals surface area contributed by atoms with Gasteiger partial charge in [-0.3, -0.25) is 14.4 Å². The van der Waals surface area contributed by atoms with E-state index in [0.29, 0.717) is 40.3 Å². The van der Waals surface area contributed by atoms with Crippen molar-refractivity contribution in [3.05, 3.63) is 86.5 Å². The Morgan fingerprint density at radius 3 is 2.55 bits per heavy atom. The zero-order valence-electron chi connectivity index (χ0n) is 22.5. The standard InChI is InChI=1S/C30H29ClF3N3O5/c31-18-5-4-16-9-26(28(33)34)42-15-17-14-37(27(38)13-23(17)22(16)10-18)25(12-20-3-1-2-8-41-20)30(40)36-19-6-7-21(29(35)39)24(32)11-19/h4-7,10-11,13-14,20,25-26,28H,1-3,8-9,12,15H2,(H2,35,39)(H,36,40). The molecule has 2 aromatic carbocycles. The molecule has 0 spiro atoms. The first kappa shape index (κ1) is 29.8. The number of nitrogens with two attached hydrogens (primary N) is 1. The number of ether oxygens (including phenoxy) is 2. The Balaban J connectivity index is 1.55. The van der Waals surface area contributed by atoms with E-state index in [1.165, 1.54) is 22.9 Å². The fraction of sp³-hybridized carbons (Fsp3) is 0.367. The number of benzene rings is 2. The quantitative estimate of drug-likeness (QED) is 0.383. The zero-order chi connectivity index (χ0) is 30.0. The van der Waals surface area contributed by atoms with Gasteiger partial charge in [-0.2, -0.15) is 0 Å². The SMILES string of the molecule is NC(=O)c1ccc(NC(=O)C(CC2CCCCO2)n2cc3c(cc2=O)-c2cc(Cl)ccc2CC(C(F)F)OC3)cc1F. The number of amides is 2. The van der Waals surface area contributed by atoms with E-state index in [-0.39, 0.29) is 36.8 Å². The molecule has 42 heavy (non-hydrogen) atoms. The van der Waals surface area contributed by atoms with E-state index in [9.17, 15) is 27.6 Å². The van der Waals surface area contributed by atoms with Crippen LogP contribution in [-0.2, 0) is 27.3 Å². The molecule has 3 heterocycles. The van der Waals surface area contributed by atoms with Crippen molar-refractivity contribution in [3.8, 4) is 11.1 Å². The first-order valence-electron chi connectivity index (χ1n) is 13.6. The molecule has 0 bridgehead atoms. The van der Waals surface area contributed by atoms with Gasteiger partial charge in [-0.05, 0) is 66.3 Å². The number of nitrogens with zero attached hydrogens (tertiary/aromatic N) is 1. The summed E-state index contributed by atoms with van der Waals surface area (Å²) in [6, 6.07) is 8.55. The molecular weight excluding hydrogens is 575 g/mol. The van der Waals surface area contributed by atoms with Crippen LogP contribution in [0.1, 0.15) is 53.2 Å². The molecule has 1 saturated heterocycles. The van der Waals surface area contributed by atoms with Gasteiger partial charge in [0.15, 0.2) is 0 Å². The van der Waals surface area contributed by atoms with Gasteiger partial charge in [0.05, 0.1) is 18.3 Å². The Bertz CT molecular complexity index is 1560. The second-order valence-corrected chi connectivity index (χ2v) is 10.9. The summed E-state index contributed by atoms with van der Waals surface area (Å²) in [4.78, 5) is 38.7. The van der Waals surface area contributed by atoms with Crippen LogP contribution in [0.25, 0.3) is 11.1 Å². The summed E-state index contributed by atoms with van der Waals surface area (Å²) < 4.78 is 54.7. The van der Waals surface area contributed by atoms with Crippen LogP contribution in [0.3, 0.4) is 0 Å². The Morgan fingerprint density at radius 1 is 1.07 bits per heavy atom. The van der Waals surface area contributed by atoms with Crippen molar-refractivity contribution in [1.29, 1.82) is 0 Å². The van der Waals surface area contributed by atoms with Crippen LogP contribution in [-0.4, -0.2) is 41.6 Å². The van der Waals surface area contributed by atoms with Crippen molar-refractivity contribution in [1.82, 2.24) is 4.57 Å². The Labute approximate surface area is 244 Å². The van der Waals surface area contributed by atoms with Gasteiger partial charge < -0.3 is 25.1 Å². The molecule has 3 aromatic rings. The van der Waals surface area contributed by atoms with E-state index in [1.807, 2.05) is 0 Å². The minimum atomic E-state index is -2.75. The summed E-state index contributed by atoms with van der Waals surface area (Å²) in [6.45, 7) is 0.281. The maximum atomic E-state index is 14.4. The van der Waals surface area contributed by atoms with Crippen molar-refractivity contribution in [2.24, 2.45) is 5.73 Å². The molecule has 1 aromatic heterocycles. The number of fused-ring (bicyclic) bond motifs is 3. The number of halogens is 4. The Kier molecular flexibility index (Phi) is 9.00. The summed E-state index contributed by atoms with van der Waals surface area (Å²) >= 11 is 6.24. The lowest BCUT2D eigenvalue weighted by atomic mass is 9.92. The van der Waals surface area contributed by atoms with Gasteiger partial charge in [0.1, 0.15) is 18.0 Å². The lowest BCUT2D eigenvalue weighted by Crippen LogP contribution is -2.37. The van der Waals surface area contributed by atoms with E-state index in [0.717, 1.165) is 25.0 Å². The van der Waals surface area contributed by atoms with E-state index in [4.69, 9.17) is 26.8 Å². The molecule has 2 aliphatic rings. The highest BCUT2D eigenvalue weighted by molar-refractivity contribution is 6.30. The Morgan fingerprint density at radius 2 is 1.86 bits per heavy atom. The van der Waals surface area contributed by atoms with Gasteiger partial charge >= 0.3 is 0 Å². The van der Waals surface area contributed by atoms with E-state index in [2.05, 4.69) is 5.32 Å². The smallest absolute Gasteiger partial charge is 0.264 e. The molecule has 222 valence electrons. The Hall–Kier alpha value is -3.67. The third kappa shape index (κ3) is 6.53. The van der Waals surface area contributed by atoms with Gasteiger partial charge in [0.25, 0.3) is 17.9 Å². The van der Waals surface area contributed by atoms with E-state index < -0.39 is 41.8 Å². The molecule has 2 amide bonds. The number of carbonyl (C=O) groups excluding carboxylic acids is 2.